The molecule has 0 amide bonds. The van der Waals surface area contributed by atoms with Gasteiger partial charge >= 0.3 is 5.97 Å². The quantitative estimate of drug-likeness (QED) is 0.179. The first-order chi connectivity index (χ1) is 11.9. The minimum Gasteiger partial charge on any atom is -0.371 e. The Morgan fingerprint density at radius 3 is 2.44 bits per heavy atom. The highest BCUT2D eigenvalue weighted by Crippen LogP contribution is 2.20. The van der Waals surface area contributed by atoms with Gasteiger partial charge in [-0.2, -0.15) is 0 Å². The summed E-state index contributed by atoms with van der Waals surface area (Å²) in [5.74, 6) is -0.764. The van der Waals surface area contributed by atoms with Crippen LogP contribution in [0.4, 0.5) is 5.69 Å². The maximum Gasteiger partial charge on any atom is 0.367 e. The summed E-state index contributed by atoms with van der Waals surface area (Å²) in [6.07, 6.45) is 6.65. The Hall–Kier alpha value is -2.51. The van der Waals surface area contributed by atoms with Gasteiger partial charge in [-0.1, -0.05) is 32.6 Å². The molecule has 1 aromatic rings. The van der Waals surface area contributed by atoms with Gasteiger partial charge in [0.25, 0.3) is 5.69 Å². The van der Waals surface area contributed by atoms with Crippen molar-refractivity contribution in [2.45, 2.75) is 64.9 Å². The normalized spacial score (nSPS) is 11.5. The van der Waals surface area contributed by atoms with Gasteiger partial charge in [-0.15, -0.1) is 0 Å². The highest BCUT2D eigenvalue weighted by molar-refractivity contribution is 5.89. The van der Waals surface area contributed by atoms with Crippen molar-refractivity contribution in [2.75, 3.05) is 0 Å². The number of nitro groups is 1. The molecule has 0 unspecified atom stereocenters. The van der Waals surface area contributed by atoms with E-state index in [2.05, 4.69) is 22.3 Å². The molecule has 1 rings (SSSR count). The molecule has 0 bridgehead atoms. The monoisotopic (exact) mass is 353 g/mol. The molecule has 0 heterocycles. The molecule has 0 N–H and O–H groups in total. The average molecular weight is 353 g/mol. The summed E-state index contributed by atoms with van der Waals surface area (Å²) < 4.78 is 0. The smallest absolute Gasteiger partial charge is 0.367 e. The van der Waals surface area contributed by atoms with E-state index in [1.54, 1.807) is 0 Å². The Morgan fingerprint density at radius 2 is 1.84 bits per heavy atom. The predicted molar refractivity (Wildman–Crippen MR) is 91.9 cm³/mol. The molecule has 0 spiro atoms. The van der Waals surface area contributed by atoms with Crippen LogP contribution < -0.4 is 0 Å². The largest absolute Gasteiger partial charge is 0.371 e. The molecule has 0 aliphatic carbocycles. The Morgan fingerprint density at radius 1 is 1.20 bits per heavy atom. The molecule has 25 heavy (non-hydrogen) atoms. The van der Waals surface area contributed by atoms with E-state index in [0.717, 1.165) is 19.3 Å². The van der Waals surface area contributed by atoms with Crippen LogP contribution in [0.15, 0.2) is 34.8 Å². The number of nitro benzene ring substituents is 1. The summed E-state index contributed by atoms with van der Waals surface area (Å²) in [7, 11) is 0. The second-order valence-corrected chi connectivity index (χ2v) is 6.36. The van der Waals surface area contributed by atoms with Gasteiger partial charge in [0, 0.05) is 12.1 Å². The number of nitrogens with zero attached hydrogens (tertiary/aromatic N) is 3. The molecular weight excluding hydrogens is 328 g/mol. The molecule has 0 atom stereocenters. The third-order valence-corrected chi connectivity index (χ3v) is 3.64. The van der Waals surface area contributed by atoms with E-state index in [-0.39, 0.29) is 11.3 Å². The summed E-state index contributed by atoms with van der Waals surface area (Å²) in [5, 5.41) is 17.3. The van der Waals surface area contributed by atoms with Crippen molar-refractivity contribution < 1.29 is 19.4 Å². The van der Waals surface area contributed by atoms with Crippen LogP contribution in [0.2, 0.25) is 0 Å². The lowest BCUT2D eigenvalue weighted by Crippen LogP contribution is -2.21. The Balaban J connectivity index is 2.35. The van der Waals surface area contributed by atoms with Crippen LogP contribution in [0.3, 0.4) is 0 Å². The van der Waals surface area contributed by atoms with E-state index in [0.29, 0.717) is 0 Å². The summed E-state index contributed by atoms with van der Waals surface area (Å²) >= 11 is 0. The van der Waals surface area contributed by atoms with Gasteiger partial charge in [0.1, 0.15) is 5.60 Å². The fourth-order valence-corrected chi connectivity index (χ4v) is 2.15. The summed E-state index contributed by atoms with van der Waals surface area (Å²) in [5.41, 5.74) is -0.461. The van der Waals surface area contributed by atoms with Crippen molar-refractivity contribution in [1.29, 1.82) is 0 Å². The standard InChI is InChI=1S/C17H25N3O5/c1-4-5-6-7-8-13-17(2,3)25-19-18-24-16(21)14-9-11-15(12-10-14)20(22)23/h9-12H,4-8,13H2,1-3H3/b19-18+/i24+2. The van der Waals surface area contributed by atoms with E-state index < -0.39 is 16.5 Å². The number of hydrogen-bond donors (Lipinski definition) is 0. The molecule has 138 valence electrons. The number of unbranched alkanes of at least 4 members (excludes halogenated alkanes) is 4. The highest BCUT2D eigenvalue weighted by Gasteiger charge is 2.19. The van der Waals surface area contributed by atoms with Gasteiger partial charge < -0.3 is 4.84 Å². The van der Waals surface area contributed by atoms with Crippen LogP contribution in [0, 0.1) is 10.1 Å². The highest BCUT2D eigenvalue weighted by atomic mass is 18.4. The maximum atomic E-state index is 11.7. The lowest BCUT2D eigenvalue weighted by molar-refractivity contribution is -0.384. The van der Waals surface area contributed by atoms with Crippen molar-refractivity contribution in [2.24, 2.45) is 10.6 Å². The summed E-state index contributed by atoms with van der Waals surface area (Å²) in [6.45, 7) is 5.96. The Labute approximate surface area is 147 Å². The zero-order chi connectivity index (χ0) is 18.7. The lowest BCUT2D eigenvalue weighted by atomic mass is 10.00. The van der Waals surface area contributed by atoms with E-state index in [9.17, 15) is 14.9 Å². The van der Waals surface area contributed by atoms with E-state index in [1.165, 1.54) is 43.5 Å². The number of non-ortho nitro benzene ring substituents is 1. The van der Waals surface area contributed by atoms with Crippen LogP contribution in [0.25, 0.3) is 0 Å². The van der Waals surface area contributed by atoms with E-state index in [1.807, 2.05) is 13.8 Å². The third kappa shape index (κ3) is 8.23. The van der Waals surface area contributed by atoms with E-state index >= 15 is 0 Å². The van der Waals surface area contributed by atoms with Gasteiger partial charge in [0.05, 0.1) is 21.0 Å². The van der Waals surface area contributed by atoms with Gasteiger partial charge in [-0.3, -0.25) is 15.0 Å². The number of rotatable bonds is 11. The SMILES string of the molecule is CCCCCCCC(C)(C)O/N=N/[18O]C(=O)c1ccc([N+](=O)[O-])cc1. The zero-order valence-corrected chi connectivity index (χ0v) is 14.9. The topological polar surface area (TPSA) is 103 Å². The fraction of sp³-hybridized carbons (Fsp3) is 0.588. The van der Waals surface area contributed by atoms with Gasteiger partial charge in [-0.05, 0) is 38.8 Å². The summed E-state index contributed by atoms with van der Waals surface area (Å²) in [6, 6.07) is 5.01. The third-order valence-electron chi connectivity index (χ3n) is 3.64. The van der Waals surface area contributed by atoms with Crippen molar-refractivity contribution in [3.63, 3.8) is 0 Å². The molecule has 0 fully saturated rings. The molecule has 1 aromatic carbocycles. The number of carbonyl (C=O) groups excluding carboxylic acids is 1. The van der Waals surface area contributed by atoms with Crippen LogP contribution in [0.1, 0.15) is 69.7 Å². The van der Waals surface area contributed by atoms with Gasteiger partial charge in [0.2, 0.25) is 0 Å². The number of carbonyl (C=O) groups is 1. The molecule has 0 aliphatic rings. The second-order valence-electron chi connectivity index (χ2n) is 6.36. The minimum atomic E-state index is -0.764. The van der Waals surface area contributed by atoms with Gasteiger partial charge in [-0.25, -0.2) is 4.79 Å². The van der Waals surface area contributed by atoms with Crippen LogP contribution in [0.5, 0.6) is 0 Å². The zero-order valence-electron chi connectivity index (χ0n) is 14.9. The molecule has 0 aromatic heterocycles. The lowest BCUT2D eigenvalue weighted by Gasteiger charge is -2.20. The second kappa shape index (κ2) is 10.4. The average Bonchev–Trinajstić information content (AvgIpc) is 2.58. The van der Waals surface area contributed by atoms with Gasteiger partial charge in [0.15, 0.2) is 0 Å². The Bertz CT molecular complexity index is 584. The predicted octanol–water partition coefficient (Wildman–Crippen LogP) is 5.19. The molecule has 0 saturated carbocycles. The molecular formula is C17H25N3O5. The van der Waals surface area contributed by atoms with E-state index in [4.69, 9.17) is 4.84 Å². The first kappa shape index (κ1) is 20.5. The van der Waals surface area contributed by atoms with Crippen LogP contribution in [-0.4, -0.2) is 16.5 Å². The van der Waals surface area contributed by atoms with Crippen molar-refractivity contribution in [1.82, 2.24) is 0 Å². The maximum absolute atomic E-state index is 11.7. The molecule has 0 saturated heterocycles. The van der Waals surface area contributed by atoms with Crippen molar-refractivity contribution in [3.05, 3.63) is 39.9 Å². The minimum absolute atomic E-state index is 0.109. The van der Waals surface area contributed by atoms with Crippen LogP contribution >= 0.6 is 0 Å². The molecule has 8 nitrogen and oxygen atoms in total. The Kier molecular flexibility index (Phi) is 8.52. The van der Waals surface area contributed by atoms with Crippen molar-refractivity contribution >= 4 is 11.7 Å². The fourth-order valence-electron chi connectivity index (χ4n) is 2.15. The first-order valence-electron chi connectivity index (χ1n) is 8.40. The number of hydrogen-bond acceptors (Lipinski definition) is 7. The molecule has 0 aliphatic heterocycles. The van der Waals surface area contributed by atoms with Crippen molar-refractivity contribution in [3.8, 4) is 0 Å². The first-order valence-corrected chi connectivity index (χ1v) is 8.40. The van der Waals surface area contributed by atoms with Crippen LogP contribution in [-0.2, 0) is 9.68 Å². The molecule has 0 radical (unpaired) electrons. The molecule has 8 heteroatoms. The number of benzene rings is 1. The summed E-state index contributed by atoms with van der Waals surface area (Å²) in [4.78, 5) is 31.6.